The molecule has 0 heterocycles. The van der Waals surface area contributed by atoms with E-state index < -0.39 is 11.7 Å². The molecule has 0 spiro atoms. The molecule has 15 heavy (non-hydrogen) atoms. The Labute approximate surface area is 92.6 Å². The molecule has 0 aromatic carbocycles. The smallest absolute Gasteiger partial charge is 0.408 e. The number of nitrogens with one attached hydrogen (secondary N) is 1. The van der Waals surface area contributed by atoms with Gasteiger partial charge in [0.15, 0.2) is 0 Å². The minimum atomic E-state index is -0.466. The molecule has 0 aromatic heterocycles. The van der Waals surface area contributed by atoms with Crippen LogP contribution in [0.3, 0.4) is 0 Å². The van der Waals surface area contributed by atoms with Gasteiger partial charge in [-0.1, -0.05) is 13.8 Å². The number of ether oxygens (including phenoxy) is 1. The van der Waals surface area contributed by atoms with Crippen molar-refractivity contribution in [3.8, 4) is 0 Å². The number of rotatable bonds is 4. The summed E-state index contributed by atoms with van der Waals surface area (Å²) in [6, 6.07) is 0. The second-order valence-electron chi connectivity index (χ2n) is 4.82. The van der Waals surface area contributed by atoms with E-state index >= 15 is 0 Å². The molecule has 0 rings (SSSR count). The van der Waals surface area contributed by atoms with Gasteiger partial charge in [0.2, 0.25) is 0 Å². The van der Waals surface area contributed by atoms with Crippen LogP contribution in [0.5, 0.6) is 0 Å². The third kappa shape index (κ3) is 5.02. The molecule has 3 N–H and O–H groups in total. The van der Waals surface area contributed by atoms with Crippen molar-refractivity contribution in [2.45, 2.75) is 58.6 Å². The molecule has 0 fully saturated rings. The van der Waals surface area contributed by atoms with Gasteiger partial charge < -0.3 is 15.8 Å². The van der Waals surface area contributed by atoms with Crippen molar-refractivity contribution in [3.05, 3.63) is 0 Å². The number of nitrogens with two attached hydrogens (primary N) is 1. The van der Waals surface area contributed by atoms with Crippen molar-refractivity contribution in [3.63, 3.8) is 0 Å². The molecule has 0 unspecified atom stereocenters. The monoisotopic (exact) mass is 216 g/mol. The number of hydrogen-bond acceptors (Lipinski definition) is 3. The van der Waals surface area contributed by atoms with Crippen molar-refractivity contribution in [2.24, 2.45) is 5.73 Å². The summed E-state index contributed by atoms with van der Waals surface area (Å²) in [6.07, 6.45) is 1.22. The van der Waals surface area contributed by atoms with Gasteiger partial charge in [-0.15, -0.1) is 0 Å². The zero-order valence-electron chi connectivity index (χ0n) is 10.5. The fraction of sp³-hybridized carbons (Fsp3) is 0.909. The molecule has 0 aliphatic heterocycles. The van der Waals surface area contributed by atoms with Crippen LogP contribution in [0, 0.1) is 0 Å². The Bertz CT molecular complexity index is 197. The van der Waals surface area contributed by atoms with E-state index in [0.29, 0.717) is 6.54 Å². The number of carbonyl (C=O) groups is 1. The molecular formula is C11H24N2O2. The minimum absolute atomic E-state index is 0.331. The van der Waals surface area contributed by atoms with Gasteiger partial charge in [0.1, 0.15) is 5.60 Å². The Morgan fingerprint density at radius 3 is 2.00 bits per heavy atom. The quantitative estimate of drug-likeness (QED) is 0.755. The number of alkyl carbamates (subject to hydrolysis) is 1. The van der Waals surface area contributed by atoms with Crippen LogP contribution < -0.4 is 11.1 Å². The molecule has 0 aromatic rings. The number of amides is 1. The fourth-order valence-electron chi connectivity index (χ4n) is 1.29. The van der Waals surface area contributed by atoms with E-state index in [0.717, 1.165) is 12.8 Å². The maximum Gasteiger partial charge on any atom is 0.408 e. The second kappa shape index (κ2) is 5.35. The van der Waals surface area contributed by atoms with Gasteiger partial charge in [-0.2, -0.15) is 0 Å². The normalized spacial score (nSPS) is 12.4. The molecular weight excluding hydrogens is 192 g/mol. The first-order valence-electron chi connectivity index (χ1n) is 5.50. The van der Waals surface area contributed by atoms with Gasteiger partial charge in [-0.05, 0) is 33.6 Å². The molecule has 0 atom stereocenters. The van der Waals surface area contributed by atoms with E-state index in [1.54, 1.807) is 0 Å². The lowest BCUT2D eigenvalue weighted by molar-refractivity contribution is 0.0451. The fourth-order valence-corrected chi connectivity index (χ4v) is 1.29. The highest BCUT2D eigenvalue weighted by molar-refractivity contribution is 5.68. The third-order valence-electron chi connectivity index (χ3n) is 2.51. The van der Waals surface area contributed by atoms with Gasteiger partial charge in [0.25, 0.3) is 0 Å². The third-order valence-corrected chi connectivity index (χ3v) is 2.51. The molecule has 90 valence electrons. The first-order chi connectivity index (χ1) is 6.78. The molecule has 0 saturated heterocycles. The summed E-state index contributed by atoms with van der Waals surface area (Å²) in [5.74, 6) is 0. The Morgan fingerprint density at radius 1 is 1.27 bits per heavy atom. The largest absolute Gasteiger partial charge is 0.444 e. The Kier molecular flexibility index (Phi) is 5.08. The average Bonchev–Trinajstić information content (AvgIpc) is 2.11. The Balaban J connectivity index is 4.36. The molecule has 0 saturated carbocycles. The van der Waals surface area contributed by atoms with Crippen molar-refractivity contribution in [2.75, 3.05) is 6.54 Å². The Morgan fingerprint density at radius 2 is 1.73 bits per heavy atom. The van der Waals surface area contributed by atoms with E-state index in [1.807, 2.05) is 34.6 Å². The number of carbonyl (C=O) groups excluding carboxylic acids is 1. The maximum absolute atomic E-state index is 11.6. The lowest BCUT2D eigenvalue weighted by Crippen LogP contribution is -2.54. The van der Waals surface area contributed by atoms with Crippen LogP contribution in [0.25, 0.3) is 0 Å². The molecule has 4 heteroatoms. The summed E-state index contributed by atoms with van der Waals surface area (Å²) in [4.78, 5) is 11.6. The lowest BCUT2D eigenvalue weighted by Gasteiger charge is -2.32. The van der Waals surface area contributed by atoms with Crippen LogP contribution in [0.4, 0.5) is 4.79 Å². The van der Waals surface area contributed by atoms with Crippen molar-refractivity contribution < 1.29 is 9.53 Å². The van der Waals surface area contributed by atoms with Gasteiger partial charge >= 0.3 is 6.09 Å². The van der Waals surface area contributed by atoms with E-state index in [1.165, 1.54) is 0 Å². The lowest BCUT2D eigenvalue weighted by atomic mass is 9.93. The van der Waals surface area contributed by atoms with Gasteiger partial charge in [-0.3, -0.25) is 0 Å². The maximum atomic E-state index is 11.6. The molecule has 4 nitrogen and oxygen atoms in total. The minimum Gasteiger partial charge on any atom is -0.444 e. The summed E-state index contributed by atoms with van der Waals surface area (Å²) in [5.41, 5.74) is 4.87. The van der Waals surface area contributed by atoms with Crippen LogP contribution in [0.2, 0.25) is 0 Å². The van der Waals surface area contributed by atoms with E-state index in [-0.39, 0.29) is 5.54 Å². The zero-order chi connectivity index (χ0) is 12.1. The van der Waals surface area contributed by atoms with Crippen LogP contribution in [0.1, 0.15) is 47.5 Å². The van der Waals surface area contributed by atoms with Gasteiger partial charge in [0, 0.05) is 6.54 Å². The van der Waals surface area contributed by atoms with E-state index in [9.17, 15) is 4.79 Å². The highest BCUT2D eigenvalue weighted by Crippen LogP contribution is 2.15. The standard InChI is InChI=1S/C11H24N2O2/c1-6-11(7-2,8-12)13-9(14)15-10(3,4)5/h6-8,12H2,1-5H3,(H,13,14). The zero-order valence-corrected chi connectivity index (χ0v) is 10.5. The topological polar surface area (TPSA) is 64.3 Å². The predicted molar refractivity (Wildman–Crippen MR) is 61.7 cm³/mol. The van der Waals surface area contributed by atoms with Crippen molar-refractivity contribution >= 4 is 6.09 Å². The molecule has 0 radical (unpaired) electrons. The summed E-state index contributed by atoms with van der Waals surface area (Å²) < 4.78 is 5.19. The summed E-state index contributed by atoms with van der Waals surface area (Å²) in [5, 5.41) is 2.85. The highest BCUT2D eigenvalue weighted by Gasteiger charge is 2.28. The summed E-state index contributed by atoms with van der Waals surface area (Å²) in [6.45, 7) is 9.97. The van der Waals surface area contributed by atoms with Crippen molar-refractivity contribution in [1.29, 1.82) is 0 Å². The van der Waals surface area contributed by atoms with Crippen LogP contribution >= 0.6 is 0 Å². The Hall–Kier alpha value is -0.770. The van der Waals surface area contributed by atoms with Crippen LogP contribution in [-0.2, 0) is 4.74 Å². The SMILES string of the molecule is CCC(CC)(CN)NC(=O)OC(C)(C)C. The molecule has 0 aliphatic carbocycles. The highest BCUT2D eigenvalue weighted by atomic mass is 16.6. The van der Waals surface area contributed by atoms with Gasteiger partial charge in [-0.25, -0.2) is 4.79 Å². The van der Waals surface area contributed by atoms with E-state index in [2.05, 4.69) is 5.32 Å². The van der Waals surface area contributed by atoms with Crippen molar-refractivity contribution in [1.82, 2.24) is 5.32 Å². The average molecular weight is 216 g/mol. The van der Waals surface area contributed by atoms with E-state index in [4.69, 9.17) is 10.5 Å². The first kappa shape index (κ1) is 14.2. The first-order valence-corrected chi connectivity index (χ1v) is 5.50. The molecule has 0 bridgehead atoms. The van der Waals surface area contributed by atoms with Gasteiger partial charge in [0.05, 0.1) is 5.54 Å². The second-order valence-corrected chi connectivity index (χ2v) is 4.82. The van der Waals surface area contributed by atoms with Crippen LogP contribution in [-0.4, -0.2) is 23.8 Å². The molecule has 1 amide bonds. The molecule has 0 aliphatic rings. The summed E-state index contributed by atoms with van der Waals surface area (Å²) in [7, 11) is 0. The predicted octanol–water partition coefficient (Wildman–Crippen LogP) is 2.03. The summed E-state index contributed by atoms with van der Waals surface area (Å²) >= 11 is 0. The van der Waals surface area contributed by atoms with Crippen LogP contribution in [0.15, 0.2) is 0 Å². The number of hydrogen-bond donors (Lipinski definition) is 2.